The number of aryl methyl sites for hydroxylation is 3. The van der Waals surface area contributed by atoms with Crippen LogP contribution >= 0.6 is 0 Å². The van der Waals surface area contributed by atoms with Crippen molar-refractivity contribution in [1.82, 2.24) is 19.8 Å². The van der Waals surface area contributed by atoms with Crippen LogP contribution < -0.4 is 5.32 Å². The summed E-state index contributed by atoms with van der Waals surface area (Å²) < 4.78 is 35.6. The number of sulfonamides is 1. The van der Waals surface area contributed by atoms with Crippen LogP contribution in [0, 0.1) is 20.8 Å². The van der Waals surface area contributed by atoms with Gasteiger partial charge in [-0.05, 0) is 39.3 Å². The molecule has 0 spiro atoms. The van der Waals surface area contributed by atoms with E-state index in [1.54, 1.807) is 19.9 Å². The summed E-state index contributed by atoms with van der Waals surface area (Å²) in [7, 11) is -3.25. The van der Waals surface area contributed by atoms with E-state index in [0.717, 1.165) is 11.3 Å². The summed E-state index contributed by atoms with van der Waals surface area (Å²) in [5.74, 6) is 1.15. The van der Waals surface area contributed by atoms with Crippen LogP contribution in [0.4, 0.5) is 0 Å². The lowest BCUT2D eigenvalue weighted by Crippen LogP contribution is -2.33. The lowest BCUT2D eigenvalue weighted by molar-refractivity contribution is 0.0954. The number of carbonyl (C=O) groups is 1. The number of pyridine rings is 1. The SMILES string of the molecule is CCN(CCCNC(=O)c1cc(-c2cc(C)oc2C)nc2onc(C)c12)S(C)(=O)=O. The third-order valence-corrected chi connectivity index (χ3v) is 6.25. The molecule has 3 heterocycles. The average molecular weight is 435 g/mol. The highest BCUT2D eigenvalue weighted by atomic mass is 32.2. The molecule has 3 rings (SSSR count). The summed E-state index contributed by atoms with van der Waals surface area (Å²) in [6, 6.07) is 3.56. The molecule has 0 radical (unpaired) electrons. The van der Waals surface area contributed by atoms with E-state index in [2.05, 4.69) is 15.5 Å². The number of aromatic nitrogens is 2. The van der Waals surface area contributed by atoms with Crippen molar-refractivity contribution in [3.05, 3.63) is 34.9 Å². The van der Waals surface area contributed by atoms with Gasteiger partial charge in [0.1, 0.15) is 11.5 Å². The molecule has 0 atom stereocenters. The van der Waals surface area contributed by atoms with Gasteiger partial charge in [0, 0.05) is 25.2 Å². The summed E-state index contributed by atoms with van der Waals surface area (Å²) in [5.41, 5.74) is 2.60. The maximum absolute atomic E-state index is 12.9. The molecule has 0 aliphatic heterocycles. The molecule has 0 saturated heterocycles. The van der Waals surface area contributed by atoms with Crippen LogP contribution in [0.2, 0.25) is 0 Å². The second-order valence-electron chi connectivity index (χ2n) is 7.19. The molecule has 0 aliphatic rings. The van der Waals surface area contributed by atoms with Crippen molar-refractivity contribution in [2.75, 3.05) is 25.9 Å². The van der Waals surface area contributed by atoms with E-state index in [1.165, 1.54) is 10.6 Å². The highest BCUT2D eigenvalue weighted by Gasteiger charge is 2.21. The second-order valence-corrected chi connectivity index (χ2v) is 9.18. The zero-order valence-corrected chi connectivity index (χ0v) is 18.6. The Bertz CT molecular complexity index is 1180. The summed E-state index contributed by atoms with van der Waals surface area (Å²) in [6.45, 7) is 8.28. The number of rotatable bonds is 8. The molecule has 30 heavy (non-hydrogen) atoms. The van der Waals surface area contributed by atoms with Crippen LogP contribution in [0.1, 0.15) is 40.9 Å². The molecule has 0 saturated carbocycles. The second kappa shape index (κ2) is 8.57. The Labute approximate surface area is 175 Å². The maximum Gasteiger partial charge on any atom is 0.259 e. The van der Waals surface area contributed by atoms with Crippen molar-refractivity contribution in [2.45, 2.75) is 34.1 Å². The fourth-order valence-corrected chi connectivity index (χ4v) is 4.34. The molecular weight excluding hydrogens is 408 g/mol. The summed E-state index contributed by atoms with van der Waals surface area (Å²) >= 11 is 0. The molecule has 0 aromatic carbocycles. The first-order valence-corrected chi connectivity index (χ1v) is 11.5. The molecular formula is C20H26N4O5S. The number of furan rings is 1. The Morgan fingerprint density at radius 1 is 1.23 bits per heavy atom. The van der Waals surface area contributed by atoms with Gasteiger partial charge < -0.3 is 14.3 Å². The highest BCUT2D eigenvalue weighted by Crippen LogP contribution is 2.30. The fourth-order valence-electron chi connectivity index (χ4n) is 3.41. The summed E-state index contributed by atoms with van der Waals surface area (Å²) in [6.07, 6.45) is 1.68. The number of hydrogen-bond donors (Lipinski definition) is 1. The molecule has 162 valence electrons. The Morgan fingerprint density at radius 3 is 2.57 bits per heavy atom. The van der Waals surface area contributed by atoms with Gasteiger partial charge in [0.2, 0.25) is 10.0 Å². The monoisotopic (exact) mass is 434 g/mol. The van der Waals surface area contributed by atoms with E-state index in [4.69, 9.17) is 8.94 Å². The van der Waals surface area contributed by atoms with Crippen LogP contribution in [0.15, 0.2) is 21.1 Å². The topological polar surface area (TPSA) is 119 Å². The molecule has 0 unspecified atom stereocenters. The number of hydrogen-bond acceptors (Lipinski definition) is 7. The first kappa shape index (κ1) is 22.0. The first-order chi connectivity index (χ1) is 14.1. The van der Waals surface area contributed by atoms with E-state index in [-0.39, 0.29) is 11.6 Å². The van der Waals surface area contributed by atoms with E-state index >= 15 is 0 Å². The lowest BCUT2D eigenvalue weighted by atomic mass is 10.1. The molecule has 0 aliphatic carbocycles. The van der Waals surface area contributed by atoms with Gasteiger partial charge in [-0.15, -0.1) is 0 Å². The quantitative estimate of drug-likeness (QED) is 0.542. The minimum Gasteiger partial charge on any atom is -0.466 e. The van der Waals surface area contributed by atoms with E-state index in [1.807, 2.05) is 19.9 Å². The first-order valence-electron chi connectivity index (χ1n) is 9.69. The predicted octanol–water partition coefficient (Wildman–Crippen LogP) is 2.81. The number of fused-ring (bicyclic) bond motifs is 1. The van der Waals surface area contributed by atoms with Crippen molar-refractivity contribution >= 4 is 27.0 Å². The summed E-state index contributed by atoms with van der Waals surface area (Å²) in [4.78, 5) is 17.4. The van der Waals surface area contributed by atoms with E-state index < -0.39 is 10.0 Å². The molecule has 0 bridgehead atoms. The zero-order valence-electron chi connectivity index (χ0n) is 17.8. The lowest BCUT2D eigenvalue weighted by Gasteiger charge is -2.17. The third kappa shape index (κ3) is 4.54. The highest BCUT2D eigenvalue weighted by molar-refractivity contribution is 7.88. The van der Waals surface area contributed by atoms with Crippen molar-refractivity contribution < 1.29 is 22.2 Å². The van der Waals surface area contributed by atoms with Crippen LogP contribution in [-0.2, 0) is 10.0 Å². The van der Waals surface area contributed by atoms with Crippen molar-refractivity contribution in [3.8, 4) is 11.3 Å². The minimum absolute atomic E-state index is 0.280. The maximum atomic E-state index is 12.9. The molecule has 1 amide bonds. The number of nitrogens with one attached hydrogen (secondary N) is 1. The van der Waals surface area contributed by atoms with Crippen LogP contribution in [0.5, 0.6) is 0 Å². The van der Waals surface area contributed by atoms with Gasteiger partial charge in [0.25, 0.3) is 11.6 Å². The molecule has 1 N–H and O–H groups in total. The van der Waals surface area contributed by atoms with Gasteiger partial charge in [0.15, 0.2) is 0 Å². The third-order valence-electron chi connectivity index (χ3n) is 4.87. The van der Waals surface area contributed by atoms with Crippen LogP contribution in [-0.4, -0.2) is 54.7 Å². The van der Waals surface area contributed by atoms with Gasteiger partial charge in [-0.25, -0.2) is 17.7 Å². The summed E-state index contributed by atoms with van der Waals surface area (Å²) in [5, 5.41) is 7.36. The predicted molar refractivity (Wildman–Crippen MR) is 113 cm³/mol. The normalized spacial score (nSPS) is 12.1. The largest absolute Gasteiger partial charge is 0.466 e. The van der Waals surface area contributed by atoms with Gasteiger partial charge in [-0.1, -0.05) is 12.1 Å². The molecule has 10 heteroatoms. The fraction of sp³-hybridized carbons (Fsp3) is 0.450. The minimum atomic E-state index is -3.25. The molecule has 0 fully saturated rings. The Kier molecular flexibility index (Phi) is 6.27. The number of amides is 1. The standard InChI is InChI=1S/C20H26N4O5S/c1-6-24(30(5,26)27)9-7-8-21-19(25)16-11-17(15-10-12(2)28-14(15)4)22-20-18(16)13(3)23-29-20/h10-11H,6-9H2,1-5H3,(H,21,25). The van der Waals surface area contributed by atoms with Gasteiger partial charge in [-0.3, -0.25) is 4.79 Å². The molecule has 3 aromatic rings. The Hall–Kier alpha value is -2.72. The number of carbonyl (C=O) groups excluding carboxylic acids is 1. The van der Waals surface area contributed by atoms with Crippen molar-refractivity contribution in [1.29, 1.82) is 0 Å². The van der Waals surface area contributed by atoms with E-state index in [0.29, 0.717) is 54.2 Å². The zero-order chi connectivity index (χ0) is 22.1. The Morgan fingerprint density at radius 2 is 1.97 bits per heavy atom. The van der Waals surface area contributed by atoms with Gasteiger partial charge >= 0.3 is 0 Å². The number of nitrogens with zero attached hydrogens (tertiary/aromatic N) is 3. The van der Waals surface area contributed by atoms with Crippen LogP contribution in [0.25, 0.3) is 22.4 Å². The van der Waals surface area contributed by atoms with Gasteiger partial charge in [-0.2, -0.15) is 0 Å². The van der Waals surface area contributed by atoms with Gasteiger partial charge in [0.05, 0.1) is 28.6 Å². The molecule has 3 aromatic heterocycles. The van der Waals surface area contributed by atoms with Crippen molar-refractivity contribution in [3.63, 3.8) is 0 Å². The molecule has 9 nitrogen and oxygen atoms in total. The van der Waals surface area contributed by atoms with Crippen molar-refractivity contribution in [2.24, 2.45) is 0 Å². The smallest absolute Gasteiger partial charge is 0.259 e. The Balaban J connectivity index is 1.83. The van der Waals surface area contributed by atoms with Crippen LogP contribution in [0.3, 0.4) is 0 Å². The van der Waals surface area contributed by atoms with E-state index in [9.17, 15) is 13.2 Å². The average Bonchev–Trinajstić information content (AvgIpc) is 3.21.